The van der Waals surface area contributed by atoms with E-state index in [2.05, 4.69) is 65.2 Å². The summed E-state index contributed by atoms with van der Waals surface area (Å²) < 4.78 is 8.91. The lowest BCUT2D eigenvalue weighted by molar-refractivity contribution is 0.669. The van der Waals surface area contributed by atoms with Gasteiger partial charge in [-0.05, 0) is 53.6 Å². The molecule has 0 amide bonds. The van der Waals surface area contributed by atoms with Crippen molar-refractivity contribution in [2.24, 2.45) is 0 Å². The summed E-state index contributed by atoms with van der Waals surface area (Å²) in [5.41, 5.74) is 9.36. The largest absolute Gasteiger partial charge is 0.456 e. The van der Waals surface area contributed by atoms with Crippen LogP contribution in [0.25, 0.3) is 94.7 Å². The molecule has 10 aromatic rings. The van der Waals surface area contributed by atoms with Gasteiger partial charge in [0.05, 0.1) is 22.1 Å². The second-order valence-electron chi connectivity index (χ2n) is 13.5. The topological polar surface area (TPSA) is 56.7 Å². The Morgan fingerprint density at radius 1 is 0.400 bits per heavy atom. The zero-order valence-electron chi connectivity index (χ0n) is 29.4. The first-order valence-corrected chi connectivity index (χ1v) is 17.7. The molecule has 3 heterocycles. The highest BCUT2D eigenvalue weighted by molar-refractivity contribution is 6.68. The first-order valence-electron chi connectivity index (χ1n) is 17.7. The molecule has 0 unspecified atom stereocenters. The van der Waals surface area contributed by atoms with E-state index in [1.54, 1.807) is 0 Å². The molecule has 3 aromatic heterocycles. The molecular formula is C45H23B5N4O. The summed E-state index contributed by atoms with van der Waals surface area (Å²) in [5.74, 6) is 1.46. The van der Waals surface area contributed by atoms with E-state index in [0.29, 0.717) is 34.2 Å². The molecule has 0 fully saturated rings. The quantitative estimate of drug-likeness (QED) is 0.224. The molecule has 0 N–H and O–H groups in total. The van der Waals surface area contributed by atoms with Gasteiger partial charge in [-0.15, -0.1) is 16.4 Å². The molecule has 0 aliphatic rings. The van der Waals surface area contributed by atoms with Gasteiger partial charge in [-0.2, -0.15) is 0 Å². The average Bonchev–Trinajstić information content (AvgIpc) is 3.78. The van der Waals surface area contributed by atoms with Crippen LogP contribution in [-0.2, 0) is 0 Å². The van der Waals surface area contributed by atoms with Crippen molar-refractivity contribution in [3.63, 3.8) is 0 Å². The van der Waals surface area contributed by atoms with Crippen LogP contribution in [0.2, 0.25) is 0 Å². The van der Waals surface area contributed by atoms with Gasteiger partial charge in [0, 0.05) is 32.8 Å². The Balaban J connectivity index is 1.14. The molecule has 0 saturated carbocycles. The molecule has 10 heteroatoms. The number of hydrogen-bond acceptors (Lipinski definition) is 4. The van der Waals surface area contributed by atoms with Crippen LogP contribution < -0.4 is 27.3 Å². The Kier molecular flexibility index (Phi) is 7.70. The average molecular weight is 690 g/mol. The predicted octanol–water partition coefficient (Wildman–Crippen LogP) is 5.51. The first kappa shape index (κ1) is 33.1. The van der Waals surface area contributed by atoms with Crippen LogP contribution in [0.3, 0.4) is 0 Å². The number of rotatable bonds is 5. The van der Waals surface area contributed by atoms with Gasteiger partial charge >= 0.3 is 0 Å². The smallest absolute Gasteiger partial charge is 0.164 e. The number of aromatic nitrogens is 4. The van der Waals surface area contributed by atoms with Gasteiger partial charge < -0.3 is 8.98 Å². The van der Waals surface area contributed by atoms with E-state index in [1.165, 1.54) is 10.8 Å². The fraction of sp³-hybridized carbons (Fsp3) is 0. The van der Waals surface area contributed by atoms with E-state index in [4.69, 9.17) is 58.6 Å². The van der Waals surface area contributed by atoms with Crippen molar-refractivity contribution in [1.82, 2.24) is 19.5 Å². The normalized spacial score (nSPS) is 11.6. The van der Waals surface area contributed by atoms with Crippen molar-refractivity contribution in [2.45, 2.75) is 0 Å². The van der Waals surface area contributed by atoms with Crippen LogP contribution in [0.4, 0.5) is 0 Å². The maximum Gasteiger partial charge on any atom is 0.164 e. The third-order valence-electron chi connectivity index (χ3n) is 10.3. The molecule has 55 heavy (non-hydrogen) atoms. The summed E-state index contributed by atoms with van der Waals surface area (Å²) in [4.78, 5) is 14.9. The van der Waals surface area contributed by atoms with Crippen molar-refractivity contribution in [2.75, 3.05) is 0 Å². The Labute approximate surface area is 323 Å². The zero-order valence-corrected chi connectivity index (χ0v) is 29.4. The number of benzene rings is 7. The molecule has 0 atom stereocenters. The van der Waals surface area contributed by atoms with Crippen LogP contribution in [0.1, 0.15) is 0 Å². The van der Waals surface area contributed by atoms with E-state index in [9.17, 15) is 0 Å². The van der Waals surface area contributed by atoms with E-state index in [0.717, 1.165) is 49.8 Å². The summed E-state index contributed by atoms with van der Waals surface area (Å²) in [5, 5.41) is 4.41. The maximum absolute atomic E-state index is 6.58. The minimum absolute atomic E-state index is 0.161. The van der Waals surface area contributed by atoms with Crippen LogP contribution >= 0.6 is 0 Å². The molecule has 244 valence electrons. The number of hydrogen-bond donors (Lipinski definition) is 0. The predicted molar refractivity (Wildman–Crippen MR) is 230 cm³/mol. The highest BCUT2D eigenvalue weighted by Gasteiger charge is 2.20. The number of fused-ring (bicyclic) bond motifs is 6. The standard InChI is InChI=1S/C45H23B5N4O/c46-38-36(39(47)41(49)42(50)40(38)48)25-12-8-13-26(22-25)44-51-43(24-10-2-1-3-11-24)52-45(53-44)27-20-21-30-35(23-27)55-34-19-9-18-33(37(30)34)54-31-16-6-4-14-28(31)29-15-5-7-17-32(29)54/h1-23H. The van der Waals surface area contributed by atoms with E-state index in [-0.39, 0.29) is 27.3 Å². The molecule has 0 spiro atoms. The molecule has 0 aliphatic carbocycles. The molecule has 0 bridgehead atoms. The number of para-hydroxylation sites is 2. The highest BCUT2D eigenvalue weighted by atomic mass is 16.3. The fourth-order valence-electron chi connectivity index (χ4n) is 7.64. The van der Waals surface area contributed by atoms with Crippen molar-refractivity contribution in [3.05, 3.63) is 140 Å². The summed E-state index contributed by atoms with van der Waals surface area (Å²) >= 11 is 0. The van der Waals surface area contributed by atoms with E-state index >= 15 is 0 Å². The third-order valence-corrected chi connectivity index (χ3v) is 10.3. The van der Waals surface area contributed by atoms with Gasteiger partial charge in [0.15, 0.2) is 17.5 Å². The van der Waals surface area contributed by atoms with Crippen molar-refractivity contribution in [3.8, 4) is 51.0 Å². The van der Waals surface area contributed by atoms with Gasteiger partial charge in [-0.1, -0.05) is 108 Å². The van der Waals surface area contributed by atoms with E-state index < -0.39 is 0 Å². The molecule has 0 saturated heterocycles. The number of nitrogens with zero attached hydrogens (tertiary/aromatic N) is 4. The summed E-state index contributed by atoms with van der Waals surface area (Å²) in [6.07, 6.45) is 0. The van der Waals surface area contributed by atoms with Crippen molar-refractivity contribution >= 4 is 110 Å². The Morgan fingerprint density at radius 3 is 1.60 bits per heavy atom. The lowest BCUT2D eigenvalue weighted by Gasteiger charge is -2.21. The summed E-state index contributed by atoms with van der Waals surface area (Å²) in [7, 11) is 31.4. The maximum atomic E-state index is 6.58. The molecule has 10 rings (SSSR count). The molecule has 10 radical (unpaired) electrons. The second kappa shape index (κ2) is 12.8. The molecular weight excluding hydrogens is 667 g/mol. The Bertz CT molecular complexity index is 3090. The Morgan fingerprint density at radius 2 is 0.927 bits per heavy atom. The molecule has 0 aliphatic heterocycles. The van der Waals surface area contributed by atoms with Crippen LogP contribution in [-0.4, -0.2) is 58.8 Å². The molecule has 5 nitrogen and oxygen atoms in total. The van der Waals surface area contributed by atoms with Crippen molar-refractivity contribution in [1.29, 1.82) is 0 Å². The summed E-state index contributed by atoms with van der Waals surface area (Å²) in [6.45, 7) is 0. The molecule has 7 aromatic carbocycles. The lowest BCUT2D eigenvalue weighted by atomic mass is 9.59. The van der Waals surface area contributed by atoms with E-state index in [1.807, 2.05) is 78.9 Å². The zero-order chi connectivity index (χ0) is 37.4. The lowest BCUT2D eigenvalue weighted by Crippen LogP contribution is -2.55. The van der Waals surface area contributed by atoms with Gasteiger partial charge in [0.2, 0.25) is 0 Å². The third kappa shape index (κ3) is 5.27. The van der Waals surface area contributed by atoms with Crippen LogP contribution in [0.5, 0.6) is 0 Å². The van der Waals surface area contributed by atoms with Gasteiger partial charge in [-0.25, -0.2) is 15.0 Å². The highest BCUT2D eigenvalue weighted by Crippen LogP contribution is 2.39. The minimum Gasteiger partial charge on any atom is -0.456 e. The SMILES string of the molecule is [B]c1c([B])c([B])c(-c2cccc(-c3nc(-c4ccccc4)nc(-c4ccc5c(c4)oc4cccc(-n6c7ccccc7c7ccccc76)c45)n3)c2)c([B])c1[B]. The Hall–Kier alpha value is -6.53. The number of furan rings is 1. The first-order chi connectivity index (χ1) is 26.9. The second-order valence-corrected chi connectivity index (χ2v) is 13.5. The van der Waals surface area contributed by atoms with Crippen LogP contribution in [0.15, 0.2) is 144 Å². The monoisotopic (exact) mass is 690 g/mol. The summed E-state index contributed by atoms with van der Waals surface area (Å²) in [6, 6.07) is 46.7. The van der Waals surface area contributed by atoms with Gasteiger partial charge in [-0.3, -0.25) is 0 Å². The van der Waals surface area contributed by atoms with Gasteiger partial charge in [0.1, 0.15) is 50.4 Å². The van der Waals surface area contributed by atoms with Crippen molar-refractivity contribution < 1.29 is 4.42 Å². The fourth-order valence-corrected chi connectivity index (χ4v) is 7.64. The van der Waals surface area contributed by atoms with Gasteiger partial charge in [0.25, 0.3) is 0 Å². The minimum atomic E-state index is 0.161. The van der Waals surface area contributed by atoms with Crippen LogP contribution in [0, 0.1) is 0 Å².